The highest BCUT2D eigenvalue weighted by Crippen LogP contribution is 2.42. The molecule has 0 spiro atoms. The van der Waals surface area contributed by atoms with Gasteiger partial charge in [-0.2, -0.15) is 4.98 Å². The Labute approximate surface area is 219 Å². The molecule has 1 aromatic carbocycles. The molecule has 0 radical (unpaired) electrons. The Balaban J connectivity index is 1.25. The van der Waals surface area contributed by atoms with E-state index in [1.165, 1.54) is 12.8 Å². The van der Waals surface area contributed by atoms with Crippen molar-refractivity contribution in [1.29, 1.82) is 0 Å². The normalized spacial score (nSPS) is 26.8. The number of fused-ring (bicyclic) bond motifs is 5. The van der Waals surface area contributed by atoms with E-state index < -0.39 is 0 Å². The Kier molecular flexibility index (Phi) is 5.48. The monoisotopic (exact) mass is 522 g/mol. The van der Waals surface area contributed by atoms with Crippen molar-refractivity contribution in [1.82, 2.24) is 14.5 Å². The number of aryl methyl sites for hydroxylation is 1. The van der Waals surface area contributed by atoms with Crippen molar-refractivity contribution in [3.63, 3.8) is 0 Å². The molecule has 3 aromatic rings. The highest BCUT2D eigenvalue weighted by molar-refractivity contribution is 6.33. The van der Waals surface area contributed by atoms with Crippen LogP contribution >= 0.6 is 11.6 Å². The van der Waals surface area contributed by atoms with E-state index in [1.54, 1.807) is 17.8 Å². The maximum atomic E-state index is 13.1. The molecule has 0 unspecified atom stereocenters. The van der Waals surface area contributed by atoms with E-state index in [1.807, 2.05) is 18.2 Å². The quantitative estimate of drug-likeness (QED) is 0.468. The van der Waals surface area contributed by atoms with E-state index in [0.717, 1.165) is 54.4 Å². The van der Waals surface area contributed by atoms with Crippen molar-refractivity contribution in [3.8, 4) is 5.75 Å². The van der Waals surface area contributed by atoms with Crippen LogP contribution in [0.1, 0.15) is 44.9 Å². The van der Waals surface area contributed by atoms with Crippen LogP contribution in [0.2, 0.25) is 5.02 Å². The van der Waals surface area contributed by atoms with E-state index >= 15 is 0 Å². The summed E-state index contributed by atoms with van der Waals surface area (Å²) in [6.07, 6.45) is 8.29. The Morgan fingerprint density at radius 3 is 2.70 bits per heavy atom. The van der Waals surface area contributed by atoms with Crippen LogP contribution in [-0.4, -0.2) is 50.5 Å². The second-order valence-corrected chi connectivity index (χ2v) is 11.3. The van der Waals surface area contributed by atoms with Gasteiger partial charge in [-0.05, 0) is 62.6 Å². The molecule has 2 bridgehead atoms. The molecule has 3 N–H and O–H groups in total. The summed E-state index contributed by atoms with van der Waals surface area (Å²) in [5, 5.41) is 18.6. The number of hydrogen-bond donors (Lipinski definition) is 3. The van der Waals surface area contributed by atoms with Crippen LogP contribution in [0.15, 0.2) is 29.2 Å². The summed E-state index contributed by atoms with van der Waals surface area (Å²) in [4.78, 5) is 24.7. The van der Waals surface area contributed by atoms with Crippen molar-refractivity contribution in [3.05, 3.63) is 39.8 Å². The molecule has 7 rings (SSSR count). The average Bonchev–Trinajstić information content (AvgIpc) is 3.71. The maximum absolute atomic E-state index is 13.1. The first kappa shape index (κ1) is 23.1. The number of rotatable bonds is 4. The SMILES string of the molecule is Cn1c(=O)c2c(c3cc(Nc4nc(N5[C@@H]6CC[C@H]5C[C@@H](O)C6)ncc4Cl)ccc31)N[C@@H](C1CC1)CCO2. The first-order valence-electron chi connectivity index (χ1n) is 13.3. The van der Waals surface area contributed by atoms with Gasteiger partial charge in [-0.3, -0.25) is 4.79 Å². The highest BCUT2D eigenvalue weighted by atomic mass is 35.5. The molecule has 2 saturated heterocycles. The van der Waals surface area contributed by atoms with Gasteiger partial charge in [-0.15, -0.1) is 0 Å². The minimum Gasteiger partial charge on any atom is -0.486 e. The highest BCUT2D eigenvalue weighted by Gasteiger charge is 2.41. The Hall–Kier alpha value is -3.04. The predicted octanol–water partition coefficient (Wildman–Crippen LogP) is 4.19. The summed E-state index contributed by atoms with van der Waals surface area (Å²) in [5.74, 6) is 2.21. The number of aromatic nitrogens is 3. The van der Waals surface area contributed by atoms with Crippen molar-refractivity contribution in [2.75, 3.05) is 22.1 Å². The number of pyridine rings is 1. The molecule has 3 fully saturated rings. The van der Waals surface area contributed by atoms with Gasteiger partial charge in [0.25, 0.3) is 5.56 Å². The molecular formula is C27H31ClN6O3. The van der Waals surface area contributed by atoms with Crippen molar-refractivity contribution >= 4 is 45.6 Å². The van der Waals surface area contributed by atoms with Crippen molar-refractivity contribution in [2.45, 2.75) is 69.2 Å². The largest absolute Gasteiger partial charge is 0.486 e. The number of aliphatic hydroxyl groups excluding tert-OH is 1. The van der Waals surface area contributed by atoms with Crippen LogP contribution in [0.4, 0.5) is 23.1 Å². The molecule has 37 heavy (non-hydrogen) atoms. The minimum atomic E-state index is -0.251. The van der Waals surface area contributed by atoms with E-state index in [2.05, 4.69) is 20.5 Å². The number of piperidine rings is 1. The maximum Gasteiger partial charge on any atom is 0.295 e. The second-order valence-electron chi connectivity index (χ2n) is 10.9. The van der Waals surface area contributed by atoms with Crippen LogP contribution in [-0.2, 0) is 7.05 Å². The van der Waals surface area contributed by atoms with E-state index in [-0.39, 0.29) is 23.7 Å². The number of benzene rings is 1. The van der Waals surface area contributed by atoms with Gasteiger partial charge in [0, 0.05) is 42.7 Å². The minimum absolute atomic E-state index is 0.128. The fourth-order valence-corrected chi connectivity index (χ4v) is 6.59. The van der Waals surface area contributed by atoms with E-state index in [4.69, 9.17) is 21.3 Å². The van der Waals surface area contributed by atoms with Crippen molar-refractivity contribution in [2.24, 2.45) is 13.0 Å². The van der Waals surface area contributed by atoms with Crippen LogP contribution in [0, 0.1) is 5.92 Å². The van der Waals surface area contributed by atoms with Gasteiger partial charge < -0.3 is 29.9 Å². The summed E-state index contributed by atoms with van der Waals surface area (Å²) in [5.41, 5.74) is 2.29. The number of anilines is 4. The molecule has 3 aliphatic heterocycles. The average molecular weight is 523 g/mol. The third-order valence-corrected chi connectivity index (χ3v) is 8.76. The van der Waals surface area contributed by atoms with E-state index in [9.17, 15) is 9.90 Å². The van der Waals surface area contributed by atoms with Gasteiger partial charge in [-0.1, -0.05) is 11.6 Å². The lowest BCUT2D eigenvalue weighted by Gasteiger charge is -2.37. The second kappa shape index (κ2) is 8.77. The molecule has 1 aliphatic carbocycles. The fraction of sp³-hybridized carbons (Fsp3) is 0.519. The predicted molar refractivity (Wildman–Crippen MR) is 144 cm³/mol. The van der Waals surface area contributed by atoms with Crippen LogP contribution in [0.25, 0.3) is 10.9 Å². The molecule has 1 saturated carbocycles. The first-order chi connectivity index (χ1) is 18.0. The zero-order valence-electron chi connectivity index (χ0n) is 20.8. The molecule has 4 aliphatic rings. The van der Waals surface area contributed by atoms with Gasteiger partial charge in [0.05, 0.1) is 30.1 Å². The molecule has 10 heteroatoms. The number of aliphatic hydroxyl groups is 1. The van der Waals surface area contributed by atoms with Gasteiger partial charge in [0.1, 0.15) is 5.02 Å². The molecule has 4 atom stereocenters. The number of hydrogen-bond acceptors (Lipinski definition) is 8. The number of ether oxygens (including phenoxy) is 1. The fourth-order valence-electron chi connectivity index (χ4n) is 6.45. The number of nitrogens with one attached hydrogen (secondary N) is 2. The Morgan fingerprint density at radius 1 is 1.16 bits per heavy atom. The topological polar surface area (TPSA) is 105 Å². The lowest BCUT2D eigenvalue weighted by Crippen LogP contribution is -2.45. The number of nitrogens with zero attached hydrogens (tertiary/aromatic N) is 4. The third-order valence-electron chi connectivity index (χ3n) is 8.48. The zero-order valence-corrected chi connectivity index (χ0v) is 21.5. The standard InChI is InChI=1S/C27H31ClN6O3/c1-33-22-7-4-15(10-19(22)23-24(26(33)36)37-9-8-21(31-23)14-2-3-14)30-25-20(28)13-29-27(32-25)34-16-5-6-17(34)12-18(35)11-16/h4,7,10,13-14,16-18,21,31,35H,2-3,5-6,8-9,11-12H2,1H3,(H,29,30,32)/t16-,17+,18+,21-/m1/s1. The van der Waals surface area contributed by atoms with Crippen LogP contribution in [0.3, 0.4) is 0 Å². The number of halogens is 1. The summed E-state index contributed by atoms with van der Waals surface area (Å²) in [6.45, 7) is 0.536. The van der Waals surface area contributed by atoms with Gasteiger partial charge in [0.2, 0.25) is 11.7 Å². The first-order valence-corrected chi connectivity index (χ1v) is 13.7. The Bertz CT molecular complexity index is 1430. The van der Waals surface area contributed by atoms with Crippen LogP contribution in [0.5, 0.6) is 5.75 Å². The molecular weight excluding hydrogens is 492 g/mol. The Morgan fingerprint density at radius 2 is 1.95 bits per heavy atom. The zero-order chi connectivity index (χ0) is 25.3. The smallest absolute Gasteiger partial charge is 0.295 e. The lowest BCUT2D eigenvalue weighted by atomic mass is 10.0. The van der Waals surface area contributed by atoms with Gasteiger partial charge in [0.15, 0.2) is 5.82 Å². The third kappa shape index (κ3) is 3.99. The summed E-state index contributed by atoms with van der Waals surface area (Å²) >= 11 is 6.53. The summed E-state index contributed by atoms with van der Waals surface area (Å²) in [7, 11) is 1.78. The summed E-state index contributed by atoms with van der Waals surface area (Å²) < 4.78 is 7.63. The molecule has 5 heterocycles. The lowest BCUT2D eigenvalue weighted by molar-refractivity contribution is 0.125. The molecule has 194 valence electrons. The summed E-state index contributed by atoms with van der Waals surface area (Å²) in [6, 6.07) is 6.73. The van der Waals surface area contributed by atoms with Gasteiger partial charge >= 0.3 is 0 Å². The van der Waals surface area contributed by atoms with Crippen LogP contribution < -0.4 is 25.8 Å². The molecule has 9 nitrogen and oxygen atoms in total. The van der Waals surface area contributed by atoms with Crippen molar-refractivity contribution < 1.29 is 9.84 Å². The van der Waals surface area contributed by atoms with E-state index in [0.29, 0.717) is 41.1 Å². The molecule has 0 amide bonds. The van der Waals surface area contributed by atoms with Gasteiger partial charge in [-0.25, -0.2) is 4.98 Å². The molecule has 2 aromatic heterocycles.